The minimum atomic E-state index is -0.927. The molecule has 0 bridgehead atoms. The highest BCUT2D eigenvalue weighted by Gasteiger charge is 2.29. The molecule has 0 spiro atoms. The third kappa shape index (κ3) is 4.25. The van der Waals surface area contributed by atoms with Crippen LogP contribution in [0.2, 0.25) is 0 Å². The van der Waals surface area contributed by atoms with Crippen molar-refractivity contribution in [1.82, 2.24) is 5.32 Å². The third-order valence-corrected chi connectivity index (χ3v) is 2.97. The Kier molecular flexibility index (Phi) is 4.87. The maximum Gasteiger partial charge on any atom is 0.259 e. The van der Waals surface area contributed by atoms with Crippen LogP contribution in [0.4, 0.5) is 4.39 Å². The number of hydrogen-bond acceptors (Lipinski definition) is 3. The van der Waals surface area contributed by atoms with Gasteiger partial charge in [-0.25, -0.2) is 4.39 Å². The van der Waals surface area contributed by atoms with Gasteiger partial charge in [0.25, 0.3) is 5.91 Å². The van der Waals surface area contributed by atoms with Crippen LogP contribution >= 0.6 is 0 Å². The largest absolute Gasteiger partial charge is 0.484 e. The maximum absolute atomic E-state index is 12.7. The summed E-state index contributed by atoms with van der Waals surface area (Å²) in [4.78, 5) is 11.7. The first kappa shape index (κ1) is 15.0. The quantitative estimate of drug-likeness (QED) is 0.887. The molecule has 0 unspecified atom stereocenters. The molecule has 0 fully saturated rings. The number of carbonyl (C=O) groups is 1. The molecule has 0 saturated carbocycles. The Labute approximate surface area is 112 Å². The van der Waals surface area contributed by atoms with E-state index in [2.05, 4.69) is 11.4 Å². The Balaban J connectivity index is 2.53. The predicted octanol–water partition coefficient (Wildman–Crippen LogP) is 2.26. The number of carbonyl (C=O) groups excluding carboxylic acids is 1. The summed E-state index contributed by atoms with van der Waals surface area (Å²) in [5, 5.41) is 11.7. The highest BCUT2D eigenvalue weighted by molar-refractivity contribution is 5.78. The molecule has 1 amide bonds. The van der Waals surface area contributed by atoms with Crippen LogP contribution in [0.5, 0.6) is 5.75 Å². The molecule has 0 aliphatic heterocycles. The van der Waals surface area contributed by atoms with Crippen molar-refractivity contribution in [2.24, 2.45) is 5.92 Å². The average Bonchev–Trinajstić information content (AvgIpc) is 2.37. The zero-order chi connectivity index (χ0) is 14.5. The van der Waals surface area contributed by atoms with Gasteiger partial charge in [0, 0.05) is 0 Å². The van der Waals surface area contributed by atoms with E-state index in [-0.39, 0.29) is 24.2 Å². The van der Waals surface area contributed by atoms with E-state index in [1.165, 1.54) is 24.3 Å². The second-order valence-electron chi connectivity index (χ2n) is 4.76. The van der Waals surface area contributed by atoms with Crippen LogP contribution in [0.15, 0.2) is 24.3 Å². The number of amides is 1. The summed E-state index contributed by atoms with van der Waals surface area (Å²) in [5.74, 6) is -0.372. The minimum Gasteiger partial charge on any atom is -0.484 e. The molecule has 0 aliphatic carbocycles. The first-order valence-electron chi connectivity index (χ1n) is 5.98. The Morgan fingerprint density at radius 2 is 2.05 bits per heavy atom. The number of benzene rings is 1. The van der Waals surface area contributed by atoms with Gasteiger partial charge in [0.15, 0.2) is 6.61 Å². The smallest absolute Gasteiger partial charge is 0.259 e. The van der Waals surface area contributed by atoms with Gasteiger partial charge < -0.3 is 10.1 Å². The number of ether oxygens (including phenoxy) is 1. The average molecular weight is 264 g/mol. The normalized spacial score (nSPS) is 13.5. The summed E-state index contributed by atoms with van der Waals surface area (Å²) in [6, 6.07) is 7.46. The first-order chi connectivity index (χ1) is 8.87. The van der Waals surface area contributed by atoms with E-state index in [1.54, 1.807) is 6.92 Å². The van der Waals surface area contributed by atoms with Crippen molar-refractivity contribution in [3.8, 4) is 11.8 Å². The van der Waals surface area contributed by atoms with Crippen LogP contribution in [0.3, 0.4) is 0 Å². The predicted molar refractivity (Wildman–Crippen MR) is 68.9 cm³/mol. The van der Waals surface area contributed by atoms with Crippen molar-refractivity contribution in [2.75, 3.05) is 6.61 Å². The zero-order valence-corrected chi connectivity index (χ0v) is 11.2. The fourth-order valence-corrected chi connectivity index (χ4v) is 1.31. The minimum absolute atomic E-state index is 0.0210. The Morgan fingerprint density at radius 3 is 2.53 bits per heavy atom. The lowest BCUT2D eigenvalue weighted by Gasteiger charge is -2.27. The van der Waals surface area contributed by atoms with E-state index in [0.29, 0.717) is 5.75 Å². The highest BCUT2D eigenvalue weighted by atomic mass is 19.1. The number of rotatable bonds is 5. The molecule has 0 aromatic heterocycles. The maximum atomic E-state index is 12.7. The number of halogens is 1. The number of nitrogens with one attached hydrogen (secondary N) is 1. The molecule has 0 radical (unpaired) electrons. The first-order valence-corrected chi connectivity index (χ1v) is 5.98. The molecule has 19 heavy (non-hydrogen) atoms. The van der Waals surface area contributed by atoms with Gasteiger partial charge in [0.05, 0.1) is 6.07 Å². The molecule has 1 atom stereocenters. The molecule has 102 valence electrons. The molecular formula is C14H17FN2O2. The van der Waals surface area contributed by atoms with Crippen molar-refractivity contribution in [3.05, 3.63) is 30.1 Å². The summed E-state index contributed by atoms with van der Waals surface area (Å²) in [5.41, 5.74) is -0.927. The molecular weight excluding hydrogens is 247 g/mol. The van der Waals surface area contributed by atoms with E-state index in [1.807, 2.05) is 13.8 Å². The van der Waals surface area contributed by atoms with E-state index >= 15 is 0 Å². The van der Waals surface area contributed by atoms with E-state index in [9.17, 15) is 9.18 Å². The van der Waals surface area contributed by atoms with Crippen molar-refractivity contribution < 1.29 is 13.9 Å². The van der Waals surface area contributed by atoms with Gasteiger partial charge in [0.1, 0.15) is 17.1 Å². The lowest BCUT2D eigenvalue weighted by atomic mass is 9.90. The summed E-state index contributed by atoms with van der Waals surface area (Å²) < 4.78 is 17.9. The molecule has 1 N–H and O–H groups in total. The lowest BCUT2D eigenvalue weighted by molar-refractivity contribution is -0.124. The zero-order valence-electron chi connectivity index (χ0n) is 11.2. The van der Waals surface area contributed by atoms with Gasteiger partial charge in [0.2, 0.25) is 0 Å². The second-order valence-corrected chi connectivity index (χ2v) is 4.76. The van der Waals surface area contributed by atoms with Crippen LogP contribution in [-0.4, -0.2) is 18.1 Å². The van der Waals surface area contributed by atoms with Crippen LogP contribution in [0, 0.1) is 23.1 Å². The van der Waals surface area contributed by atoms with Crippen molar-refractivity contribution in [3.63, 3.8) is 0 Å². The van der Waals surface area contributed by atoms with Crippen LogP contribution in [0.1, 0.15) is 20.8 Å². The Bertz CT molecular complexity index is 479. The van der Waals surface area contributed by atoms with Gasteiger partial charge in [-0.15, -0.1) is 0 Å². The topological polar surface area (TPSA) is 62.1 Å². The Morgan fingerprint density at radius 1 is 1.47 bits per heavy atom. The van der Waals surface area contributed by atoms with E-state index in [4.69, 9.17) is 10.00 Å². The molecule has 0 saturated heterocycles. The summed E-state index contributed by atoms with van der Waals surface area (Å²) >= 11 is 0. The Hall–Kier alpha value is -2.09. The lowest BCUT2D eigenvalue weighted by Crippen LogP contribution is -2.50. The number of nitriles is 1. The summed E-state index contributed by atoms with van der Waals surface area (Å²) in [6.07, 6.45) is 0. The van der Waals surface area contributed by atoms with Crippen LogP contribution < -0.4 is 10.1 Å². The second kappa shape index (κ2) is 6.19. The molecule has 1 aromatic carbocycles. The highest BCUT2D eigenvalue weighted by Crippen LogP contribution is 2.15. The third-order valence-electron chi connectivity index (χ3n) is 2.97. The fraction of sp³-hybridized carbons (Fsp3) is 0.429. The SMILES string of the molecule is CC(C)[C@](C)(C#N)NC(=O)COc1ccc(F)cc1. The van der Waals surface area contributed by atoms with Gasteiger partial charge >= 0.3 is 0 Å². The summed E-state index contributed by atoms with van der Waals surface area (Å²) in [6.45, 7) is 5.15. The molecule has 5 heteroatoms. The molecule has 4 nitrogen and oxygen atoms in total. The van der Waals surface area contributed by atoms with Gasteiger partial charge in [-0.1, -0.05) is 13.8 Å². The van der Waals surface area contributed by atoms with Gasteiger partial charge in [-0.2, -0.15) is 5.26 Å². The van der Waals surface area contributed by atoms with E-state index in [0.717, 1.165) is 0 Å². The van der Waals surface area contributed by atoms with E-state index < -0.39 is 5.54 Å². The monoisotopic (exact) mass is 264 g/mol. The van der Waals surface area contributed by atoms with Gasteiger partial charge in [-0.3, -0.25) is 4.79 Å². The van der Waals surface area contributed by atoms with Crippen molar-refractivity contribution in [1.29, 1.82) is 5.26 Å². The van der Waals surface area contributed by atoms with Gasteiger partial charge in [-0.05, 0) is 37.1 Å². The van der Waals surface area contributed by atoms with Crippen molar-refractivity contribution >= 4 is 5.91 Å². The molecule has 1 aromatic rings. The molecule has 1 rings (SSSR count). The number of hydrogen-bond donors (Lipinski definition) is 1. The molecule has 0 heterocycles. The summed E-state index contributed by atoms with van der Waals surface area (Å²) in [7, 11) is 0. The fourth-order valence-electron chi connectivity index (χ4n) is 1.31. The van der Waals surface area contributed by atoms with Crippen LogP contribution in [0.25, 0.3) is 0 Å². The van der Waals surface area contributed by atoms with Crippen molar-refractivity contribution in [2.45, 2.75) is 26.3 Å². The number of nitrogens with zero attached hydrogens (tertiary/aromatic N) is 1. The van der Waals surface area contributed by atoms with Crippen LogP contribution in [-0.2, 0) is 4.79 Å². The standard InChI is InChI=1S/C14H17FN2O2/c1-10(2)14(3,9-16)17-13(18)8-19-12-6-4-11(15)5-7-12/h4-7,10H,8H2,1-3H3,(H,17,18)/t14-/m0/s1. The molecule has 0 aliphatic rings.